The van der Waals surface area contributed by atoms with Crippen molar-refractivity contribution < 1.29 is 18.7 Å². The summed E-state index contributed by atoms with van der Waals surface area (Å²) in [5.41, 5.74) is 0.975. The monoisotopic (exact) mass is 398 g/mol. The molecule has 0 aliphatic heterocycles. The third-order valence-electron chi connectivity index (χ3n) is 5.86. The highest BCUT2D eigenvalue weighted by atomic mass is 16.5. The van der Waals surface area contributed by atoms with Crippen molar-refractivity contribution in [2.24, 2.45) is 5.92 Å². The number of rotatable bonds is 10. The predicted molar refractivity (Wildman–Crippen MR) is 110 cm³/mol. The van der Waals surface area contributed by atoms with Gasteiger partial charge in [-0.1, -0.05) is 13.0 Å². The maximum absolute atomic E-state index is 12.6. The number of benzene rings is 1. The van der Waals surface area contributed by atoms with E-state index in [-0.39, 0.29) is 5.91 Å². The van der Waals surface area contributed by atoms with Gasteiger partial charge < -0.3 is 19.2 Å². The van der Waals surface area contributed by atoms with Gasteiger partial charge in [0.15, 0.2) is 11.5 Å². The molecule has 2 fully saturated rings. The van der Waals surface area contributed by atoms with Gasteiger partial charge in [-0.2, -0.15) is 0 Å². The molecule has 2 unspecified atom stereocenters. The number of nitrogens with one attached hydrogen (secondary N) is 1. The first-order valence-corrected chi connectivity index (χ1v) is 10.4. The van der Waals surface area contributed by atoms with Gasteiger partial charge in [0.2, 0.25) is 5.91 Å². The molecule has 0 spiro atoms. The molecular formula is C23H30N2O4. The van der Waals surface area contributed by atoms with Gasteiger partial charge in [-0.25, -0.2) is 0 Å². The molecule has 2 aromatic rings. The zero-order valence-electron chi connectivity index (χ0n) is 17.4. The number of hydrogen-bond donors (Lipinski definition) is 1. The number of hydrogen-bond acceptors (Lipinski definition) is 5. The smallest absolute Gasteiger partial charge is 0.234 e. The summed E-state index contributed by atoms with van der Waals surface area (Å²) in [5, 5.41) is 3.02. The third-order valence-corrected chi connectivity index (χ3v) is 5.86. The molecule has 0 saturated heterocycles. The fourth-order valence-corrected chi connectivity index (χ4v) is 3.78. The van der Waals surface area contributed by atoms with Crippen LogP contribution in [0.3, 0.4) is 0 Å². The van der Waals surface area contributed by atoms with E-state index in [0.717, 1.165) is 35.8 Å². The van der Waals surface area contributed by atoms with E-state index in [4.69, 9.17) is 13.9 Å². The molecule has 1 aromatic carbocycles. The SMILES string of the molecule is COc1ccc(CNC(=O)CN(Cc2ccc(C3CC3C)o2)C2CC2)cc1OC. The summed E-state index contributed by atoms with van der Waals surface area (Å²) in [6.45, 7) is 3.79. The maximum atomic E-state index is 12.6. The minimum atomic E-state index is 0.0225. The molecule has 1 aromatic heterocycles. The molecule has 0 bridgehead atoms. The maximum Gasteiger partial charge on any atom is 0.234 e. The Bertz CT molecular complexity index is 858. The number of nitrogens with zero attached hydrogens (tertiary/aromatic N) is 1. The Labute approximate surface area is 172 Å². The number of furan rings is 1. The second-order valence-corrected chi connectivity index (χ2v) is 8.23. The molecule has 2 aliphatic rings. The van der Waals surface area contributed by atoms with Gasteiger partial charge in [0.1, 0.15) is 11.5 Å². The molecule has 0 radical (unpaired) electrons. The Kier molecular flexibility index (Phi) is 5.81. The molecule has 2 aliphatic carbocycles. The van der Waals surface area contributed by atoms with Crippen molar-refractivity contribution in [1.29, 1.82) is 0 Å². The number of carbonyl (C=O) groups excluding carboxylic acids is 1. The van der Waals surface area contributed by atoms with Crippen LogP contribution in [0.5, 0.6) is 11.5 Å². The van der Waals surface area contributed by atoms with Crippen molar-refractivity contribution in [3.05, 3.63) is 47.4 Å². The van der Waals surface area contributed by atoms with Crippen molar-refractivity contribution in [2.75, 3.05) is 20.8 Å². The van der Waals surface area contributed by atoms with E-state index in [0.29, 0.717) is 43.1 Å². The van der Waals surface area contributed by atoms with Crippen molar-refractivity contribution in [1.82, 2.24) is 10.2 Å². The van der Waals surface area contributed by atoms with Crippen LogP contribution < -0.4 is 14.8 Å². The lowest BCUT2D eigenvalue weighted by Crippen LogP contribution is -2.37. The molecule has 1 N–H and O–H groups in total. The first kappa shape index (κ1) is 19.8. The number of amides is 1. The highest BCUT2D eigenvalue weighted by molar-refractivity contribution is 5.78. The summed E-state index contributed by atoms with van der Waals surface area (Å²) in [5.74, 6) is 4.74. The molecule has 2 atom stereocenters. The van der Waals surface area contributed by atoms with Gasteiger partial charge in [-0.3, -0.25) is 9.69 Å². The van der Waals surface area contributed by atoms with Crippen molar-refractivity contribution in [3.8, 4) is 11.5 Å². The summed E-state index contributed by atoms with van der Waals surface area (Å²) in [6.07, 6.45) is 3.52. The van der Waals surface area contributed by atoms with Gasteiger partial charge in [-0.05, 0) is 55.0 Å². The summed E-state index contributed by atoms with van der Waals surface area (Å²) in [4.78, 5) is 14.8. The highest BCUT2D eigenvalue weighted by Gasteiger charge is 2.37. The lowest BCUT2D eigenvalue weighted by atomic mass is 10.2. The van der Waals surface area contributed by atoms with Crippen LogP contribution in [0.2, 0.25) is 0 Å². The number of methoxy groups -OCH3 is 2. The zero-order chi connectivity index (χ0) is 20.4. The minimum absolute atomic E-state index is 0.0225. The lowest BCUT2D eigenvalue weighted by Gasteiger charge is -2.20. The topological polar surface area (TPSA) is 63.9 Å². The van der Waals surface area contributed by atoms with E-state index in [9.17, 15) is 4.79 Å². The zero-order valence-corrected chi connectivity index (χ0v) is 17.4. The summed E-state index contributed by atoms with van der Waals surface area (Å²) < 4.78 is 16.6. The summed E-state index contributed by atoms with van der Waals surface area (Å²) in [6, 6.07) is 10.3. The van der Waals surface area contributed by atoms with Crippen LogP contribution in [0, 0.1) is 5.92 Å². The quantitative estimate of drug-likeness (QED) is 0.661. The normalized spacial score (nSPS) is 20.6. The Balaban J connectivity index is 1.30. The Hall–Kier alpha value is -2.47. The first-order chi connectivity index (χ1) is 14.1. The molecule has 1 amide bonds. The van der Waals surface area contributed by atoms with E-state index < -0.39 is 0 Å². The van der Waals surface area contributed by atoms with Crippen LogP contribution in [-0.4, -0.2) is 37.6 Å². The van der Waals surface area contributed by atoms with Gasteiger partial charge in [-0.15, -0.1) is 0 Å². The minimum Gasteiger partial charge on any atom is -0.493 e. The predicted octanol–water partition coefficient (Wildman–Crippen LogP) is 3.70. The number of ether oxygens (including phenoxy) is 2. The Morgan fingerprint density at radius 2 is 1.93 bits per heavy atom. The van der Waals surface area contributed by atoms with Crippen LogP contribution in [0.15, 0.2) is 34.7 Å². The van der Waals surface area contributed by atoms with Crippen molar-refractivity contribution in [2.45, 2.75) is 51.2 Å². The average molecular weight is 399 g/mol. The average Bonchev–Trinajstić information content (AvgIpc) is 3.65. The van der Waals surface area contributed by atoms with Crippen LogP contribution in [0.4, 0.5) is 0 Å². The first-order valence-electron chi connectivity index (χ1n) is 10.4. The molecular weight excluding hydrogens is 368 g/mol. The van der Waals surface area contributed by atoms with Crippen LogP contribution in [0.1, 0.15) is 49.2 Å². The van der Waals surface area contributed by atoms with Crippen molar-refractivity contribution in [3.63, 3.8) is 0 Å². The van der Waals surface area contributed by atoms with Crippen LogP contribution in [-0.2, 0) is 17.9 Å². The highest BCUT2D eigenvalue weighted by Crippen LogP contribution is 2.47. The molecule has 6 heteroatoms. The molecule has 29 heavy (non-hydrogen) atoms. The van der Waals surface area contributed by atoms with E-state index in [1.54, 1.807) is 14.2 Å². The summed E-state index contributed by atoms with van der Waals surface area (Å²) >= 11 is 0. The second kappa shape index (κ2) is 8.49. The van der Waals surface area contributed by atoms with Gasteiger partial charge in [0, 0.05) is 18.5 Å². The Morgan fingerprint density at radius 3 is 2.59 bits per heavy atom. The fraction of sp³-hybridized carbons (Fsp3) is 0.522. The van der Waals surface area contributed by atoms with E-state index in [2.05, 4.69) is 29.3 Å². The molecule has 2 saturated carbocycles. The fourth-order valence-electron chi connectivity index (χ4n) is 3.78. The van der Waals surface area contributed by atoms with Crippen LogP contribution >= 0.6 is 0 Å². The number of carbonyl (C=O) groups is 1. The lowest BCUT2D eigenvalue weighted by molar-refractivity contribution is -0.122. The van der Waals surface area contributed by atoms with Crippen LogP contribution in [0.25, 0.3) is 0 Å². The van der Waals surface area contributed by atoms with E-state index in [1.807, 2.05) is 18.2 Å². The van der Waals surface area contributed by atoms with Gasteiger partial charge >= 0.3 is 0 Å². The second-order valence-electron chi connectivity index (χ2n) is 8.23. The third kappa shape index (κ3) is 4.93. The standard InChI is InChI=1S/C23H30N2O4/c1-15-10-19(15)20-9-7-18(29-20)13-25(17-5-6-17)14-23(26)24-12-16-4-8-21(27-2)22(11-16)28-3/h4,7-9,11,15,17,19H,5-6,10,12-14H2,1-3H3,(H,24,26). The van der Waals surface area contributed by atoms with Gasteiger partial charge in [0.05, 0.1) is 27.3 Å². The molecule has 1 heterocycles. The molecule has 6 nitrogen and oxygen atoms in total. The van der Waals surface area contributed by atoms with E-state index in [1.165, 1.54) is 6.42 Å². The molecule has 156 valence electrons. The largest absolute Gasteiger partial charge is 0.493 e. The van der Waals surface area contributed by atoms with Gasteiger partial charge in [0.25, 0.3) is 0 Å². The van der Waals surface area contributed by atoms with E-state index >= 15 is 0 Å². The van der Waals surface area contributed by atoms with Crippen molar-refractivity contribution >= 4 is 5.91 Å². The molecule has 4 rings (SSSR count). The Morgan fingerprint density at radius 1 is 1.17 bits per heavy atom. The summed E-state index contributed by atoms with van der Waals surface area (Å²) in [7, 11) is 3.22.